The highest BCUT2D eigenvalue weighted by Crippen LogP contribution is 2.55. The molecule has 1 aromatic carbocycles. The van der Waals surface area contributed by atoms with Gasteiger partial charge in [-0.25, -0.2) is 0 Å². The van der Waals surface area contributed by atoms with Crippen LogP contribution in [0.2, 0.25) is 0 Å². The van der Waals surface area contributed by atoms with Crippen LogP contribution in [0.25, 0.3) is 0 Å². The van der Waals surface area contributed by atoms with Gasteiger partial charge in [-0.15, -0.1) is 0 Å². The molecule has 4 heteroatoms. The van der Waals surface area contributed by atoms with Crippen LogP contribution in [-0.4, -0.2) is 4.92 Å². The number of benzene rings is 1. The SMILES string of the molecule is CC1(C)CC(C#N)(c2cccc([N+](=O)[O-])c2)C1. The van der Waals surface area contributed by atoms with Crippen LogP contribution in [0.5, 0.6) is 0 Å². The molecule has 0 amide bonds. The van der Waals surface area contributed by atoms with Gasteiger partial charge in [-0.05, 0) is 23.8 Å². The van der Waals surface area contributed by atoms with Crippen LogP contribution in [0.1, 0.15) is 32.3 Å². The van der Waals surface area contributed by atoms with Gasteiger partial charge in [-0.1, -0.05) is 26.0 Å². The third-order valence-corrected chi connectivity index (χ3v) is 3.38. The molecule has 17 heavy (non-hydrogen) atoms. The number of nitriles is 1. The molecule has 1 aliphatic carbocycles. The summed E-state index contributed by atoms with van der Waals surface area (Å²) in [5.74, 6) is 0. The van der Waals surface area contributed by atoms with Crippen molar-refractivity contribution in [2.24, 2.45) is 5.41 Å². The molecule has 0 aromatic heterocycles. The average molecular weight is 230 g/mol. The van der Waals surface area contributed by atoms with Crippen molar-refractivity contribution >= 4 is 5.69 Å². The minimum atomic E-state index is -0.532. The van der Waals surface area contributed by atoms with E-state index in [0.717, 1.165) is 18.4 Å². The summed E-state index contributed by atoms with van der Waals surface area (Å²) in [6.07, 6.45) is 1.52. The Labute approximate surface area is 100 Å². The van der Waals surface area contributed by atoms with Gasteiger partial charge in [0.05, 0.1) is 16.4 Å². The molecule has 0 N–H and O–H groups in total. The third kappa shape index (κ3) is 1.89. The zero-order valence-electron chi connectivity index (χ0n) is 9.93. The standard InChI is InChI=1S/C13H14N2O2/c1-12(2)7-13(8-12,9-14)10-4-3-5-11(6-10)15(16)17/h3-6H,7-8H2,1-2H3. The van der Waals surface area contributed by atoms with Crippen molar-refractivity contribution in [3.8, 4) is 6.07 Å². The summed E-state index contributed by atoms with van der Waals surface area (Å²) in [5, 5.41) is 20.1. The van der Waals surface area contributed by atoms with E-state index in [1.54, 1.807) is 6.07 Å². The van der Waals surface area contributed by atoms with Crippen LogP contribution in [-0.2, 0) is 5.41 Å². The molecule has 88 valence electrons. The van der Waals surface area contributed by atoms with Gasteiger partial charge in [0.1, 0.15) is 0 Å². The molecule has 4 nitrogen and oxygen atoms in total. The Morgan fingerprint density at radius 3 is 2.53 bits per heavy atom. The Hall–Kier alpha value is -1.89. The van der Waals surface area contributed by atoms with E-state index in [2.05, 4.69) is 19.9 Å². The first-order chi connectivity index (χ1) is 7.88. The molecule has 1 fully saturated rings. The maximum absolute atomic E-state index is 10.7. The fraction of sp³-hybridized carbons (Fsp3) is 0.462. The number of rotatable bonds is 2. The fourth-order valence-electron chi connectivity index (χ4n) is 2.85. The molecule has 1 aromatic rings. The predicted molar refractivity (Wildman–Crippen MR) is 63.4 cm³/mol. The number of nitro benzene ring substituents is 1. The van der Waals surface area contributed by atoms with E-state index in [1.165, 1.54) is 12.1 Å². The summed E-state index contributed by atoms with van der Waals surface area (Å²) in [5.41, 5.74) is 0.450. The monoisotopic (exact) mass is 230 g/mol. The molecule has 0 heterocycles. The largest absolute Gasteiger partial charge is 0.269 e. The molecule has 0 spiro atoms. The number of nitro groups is 1. The molecular weight excluding hydrogens is 216 g/mol. The summed E-state index contributed by atoms with van der Waals surface area (Å²) in [4.78, 5) is 10.3. The Morgan fingerprint density at radius 1 is 1.41 bits per heavy atom. The van der Waals surface area contributed by atoms with E-state index in [-0.39, 0.29) is 11.1 Å². The summed E-state index contributed by atoms with van der Waals surface area (Å²) in [6, 6.07) is 8.77. The quantitative estimate of drug-likeness (QED) is 0.578. The van der Waals surface area contributed by atoms with Crippen molar-refractivity contribution in [3.05, 3.63) is 39.9 Å². The zero-order valence-corrected chi connectivity index (χ0v) is 9.93. The summed E-state index contributed by atoms with van der Waals surface area (Å²) >= 11 is 0. The van der Waals surface area contributed by atoms with Gasteiger partial charge in [0, 0.05) is 12.1 Å². The molecule has 1 saturated carbocycles. The Morgan fingerprint density at radius 2 is 2.06 bits per heavy atom. The van der Waals surface area contributed by atoms with Crippen molar-refractivity contribution < 1.29 is 4.92 Å². The van der Waals surface area contributed by atoms with E-state index in [4.69, 9.17) is 0 Å². The maximum Gasteiger partial charge on any atom is 0.269 e. The molecule has 1 aliphatic rings. The predicted octanol–water partition coefficient (Wildman–Crippen LogP) is 3.18. The maximum atomic E-state index is 10.7. The second kappa shape index (κ2) is 3.56. The first kappa shape index (κ1) is 11.6. The lowest BCUT2D eigenvalue weighted by atomic mass is 9.52. The minimum absolute atomic E-state index is 0.0573. The highest BCUT2D eigenvalue weighted by Gasteiger charge is 2.51. The summed E-state index contributed by atoms with van der Waals surface area (Å²) in [7, 11) is 0. The number of nitrogens with zero attached hydrogens (tertiary/aromatic N) is 2. The van der Waals surface area contributed by atoms with Gasteiger partial charge >= 0.3 is 0 Å². The minimum Gasteiger partial charge on any atom is -0.258 e. The van der Waals surface area contributed by atoms with Crippen molar-refractivity contribution in [2.45, 2.75) is 32.1 Å². The molecule has 0 aliphatic heterocycles. The van der Waals surface area contributed by atoms with Crippen molar-refractivity contribution in [1.29, 1.82) is 5.26 Å². The fourth-order valence-corrected chi connectivity index (χ4v) is 2.85. The molecule has 2 rings (SSSR count). The molecule has 0 radical (unpaired) electrons. The van der Waals surface area contributed by atoms with Gasteiger partial charge in [0.15, 0.2) is 0 Å². The van der Waals surface area contributed by atoms with E-state index in [1.807, 2.05) is 6.07 Å². The summed E-state index contributed by atoms with van der Waals surface area (Å²) < 4.78 is 0. The lowest BCUT2D eigenvalue weighted by Gasteiger charge is -2.49. The van der Waals surface area contributed by atoms with Crippen LogP contribution in [0.15, 0.2) is 24.3 Å². The second-order valence-corrected chi connectivity index (χ2v) is 5.52. The Kier molecular flexibility index (Phi) is 2.43. The zero-order chi connectivity index (χ0) is 12.7. The second-order valence-electron chi connectivity index (χ2n) is 5.52. The molecule has 0 unspecified atom stereocenters. The Bertz CT molecular complexity index is 506. The smallest absolute Gasteiger partial charge is 0.258 e. The molecule has 0 bridgehead atoms. The van der Waals surface area contributed by atoms with Gasteiger partial charge < -0.3 is 0 Å². The lowest BCUT2D eigenvalue weighted by molar-refractivity contribution is -0.385. The number of non-ortho nitro benzene ring substituents is 1. The third-order valence-electron chi connectivity index (χ3n) is 3.38. The van der Waals surface area contributed by atoms with Crippen LogP contribution < -0.4 is 0 Å². The number of hydrogen-bond acceptors (Lipinski definition) is 3. The highest BCUT2D eigenvalue weighted by atomic mass is 16.6. The Balaban J connectivity index is 2.38. The van der Waals surface area contributed by atoms with Crippen molar-refractivity contribution in [2.75, 3.05) is 0 Å². The van der Waals surface area contributed by atoms with Gasteiger partial charge in [-0.2, -0.15) is 5.26 Å². The van der Waals surface area contributed by atoms with Crippen LogP contribution in [0.3, 0.4) is 0 Å². The first-order valence-electron chi connectivity index (χ1n) is 5.55. The molecule has 0 atom stereocenters. The van der Waals surface area contributed by atoms with Gasteiger partial charge in [-0.3, -0.25) is 10.1 Å². The van der Waals surface area contributed by atoms with Crippen LogP contribution in [0, 0.1) is 26.9 Å². The van der Waals surface area contributed by atoms with E-state index < -0.39 is 10.3 Å². The number of hydrogen-bond donors (Lipinski definition) is 0. The van der Waals surface area contributed by atoms with E-state index in [0.29, 0.717) is 0 Å². The van der Waals surface area contributed by atoms with Gasteiger partial charge in [0.25, 0.3) is 5.69 Å². The van der Waals surface area contributed by atoms with Crippen LogP contribution in [0.4, 0.5) is 5.69 Å². The highest BCUT2D eigenvalue weighted by molar-refractivity contribution is 5.44. The van der Waals surface area contributed by atoms with Gasteiger partial charge in [0.2, 0.25) is 0 Å². The summed E-state index contributed by atoms with van der Waals surface area (Å²) in [6.45, 7) is 4.22. The van der Waals surface area contributed by atoms with E-state index in [9.17, 15) is 15.4 Å². The normalized spacial score (nSPS) is 20.1. The van der Waals surface area contributed by atoms with E-state index >= 15 is 0 Å². The molecular formula is C13H14N2O2. The topological polar surface area (TPSA) is 66.9 Å². The lowest BCUT2D eigenvalue weighted by Crippen LogP contribution is -2.45. The average Bonchev–Trinajstić information content (AvgIpc) is 2.25. The van der Waals surface area contributed by atoms with Crippen LogP contribution >= 0.6 is 0 Å². The molecule has 0 saturated heterocycles. The first-order valence-corrected chi connectivity index (χ1v) is 5.55. The van der Waals surface area contributed by atoms with Crippen molar-refractivity contribution in [3.63, 3.8) is 0 Å². The van der Waals surface area contributed by atoms with Crippen molar-refractivity contribution in [1.82, 2.24) is 0 Å².